The Morgan fingerprint density at radius 1 is 1.35 bits per heavy atom. The third kappa shape index (κ3) is 3.01. The number of H-pyrrole nitrogens is 1. The molecule has 1 aromatic carbocycles. The first-order chi connectivity index (χ1) is 8.17. The smallest absolute Gasteiger partial charge is 0.251 e. The Labute approximate surface area is 99.9 Å². The molecule has 1 N–H and O–H groups in total. The fraction of sp³-hybridized carbons (Fsp3) is 0. The molecule has 86 valence electrons. The standard InChI is InChI=1S/C11H7FN2O2S/c12-8-3-7(6-15)4-9(5-8)17-11-13-2-1-10(16)14-11/h1-6H,(H,13,14,16). The summed E-state index contributed by atoms with van der Waals surface area (Å²) in [5, 5.41) is 0.347. The van der Waals surface area contributed by atoms with Crippen LogP contribution in [0.15, 0.2) is 45.3 Å². The fourth-order valence-corrected chi connectivity index (χ4v) is 2.08. The van der Waals surface area contributed by atoms with Crippen molar-refractivity contribution >= 4 is 18.0 Å². The highest BCUT2D eigenvalue weighted by Gasteiger charge is 2.04. The van der Waals surface area contributed by atoms with Gasteiger partial charge in [-0.05, 0) is 18.2 Å². The average molecular weight is 250 g/mol. The van der Waals surface area contributed by atoms with Crippen LogP contribution in [0.3, 0.4) is 0 Å². The lowest BCUT2D eigenvalue weighted by Crippen LogP contribution is -2.05. The predicted molar refractivity (Wildman–Crippen MR) is 60.8 cm³/mol. The van der Waals surface area contributed by atoms with E-state index in [4.69, 9.17) is 0 Å². The number of hydrogen-bond acceptors (Lipinski definition) is 4. The minimum atomic E-state index is -0.504. The van der Waals surface area contributed by atoms with Crippen molar-refractivity contribution in [2.24, 2.45) is 0 Å². The van der Waals surface area contributed by atoms with E-state index in [9.17, 15) is 14.0 Å². The van der Waals surface area contributed by atoms with Gasteiger partial charge in [0, 0.05) is 22.7 Å². The normalized spacial score (nSPS) is 10.2. The van der Waals surface area contributed by atoms with Gasteiger partial charge in [-0.3, -0.25) is 9.59 Å². The van der Waals surface area contributed by atoms with Gasteiger partial charge in [0.05, 0.1) is 0 Å². The van der Waals surface area contributed by atoms with Gasteiger partial charge in [0.2, 0.25) is 0 Å². The molecule has 0 aliphatic carbocycles. The quantitative estimate of drug-likeness (QED) is 0.667. The molecular weight excluding hydrogens is 243 g/mol. The van der Waals surface area contributed by atoms with Crippen LogP contribution in [0.2, 0.25) is 0 Å². The minimum absolute atomic E-state index is 0.241. The van der Waals surface area contributed by atoms with Crippen LogP contribution in [0.1, 0.15) is 10.4 Å². The molecule has 0 bridgehead atoms. The lowest BCUT2D eigenvalue weighted by Gasteiger charge is -2.01. The van der Waals surface area contributed by atoms with Crippen molar-refractivity contribution in [2.45, 2.75) is 10.1 Å². The summed E-state index contributed by atoms with van der Waals surface area (Å²) in [6, 6.07) is 5.21. The number of aromatic nitrogens is 2. The lowest BCUT2D eigenvalue weighted by molar-refractivity contribution is 0.112. The first-order valence-corrected chi connectivity index (χ1v) is 5.48. The molecule has 2 aromatic rings. The number of hydrogen-bond donors (Lipinski definition) is 1. The van der Waals surface area contributed by atoms with Crippen LogP contribution in [0.4, 0.5) is 4.39 Å². The van der Waals surface area contributed by atoms with E-state index in [2.05, 4.69) is 9.97 Å². The van der Waals surface area contributed by atoms with Crippen molar-refractivity contribution < 1.29 is 9.18 Å². The molecule has 4 nitrogen and oxygen atoms in total. The molecule has 2 rings (SSSR count). The Kier molecular flexibility index (Phi) is 3.34. The maximum atomic E-state index is 13.1. The van der Waals surface area contributed by atoms with E-state index in [0.29, 0.717) is 16.3 Å². The molecule has 0 atom stereocenters. The van der Waals surface area contributed by atoms with E-state index in [1.807, 2.05) is 0 Å². The third-order valence-electron chi connectivity index (χ3n) is 1.89. The van der Waals surface area contributed by atoms with Crippen molar-refractivity contribution in [1.29, 1.82) is 0 Å². The Balaban J connectivity index is 2.32. The van der Waals surface area contributed by atoms with Crippen LogP contribution in [-0.2, 0) is 0 Å². The first kappa shape index (κ1) is 11.5. The number of aldehydes is 1. The Bertz CT molecular complexity index is 612. The van der Waals surface area contributed by atoms with E-state index in [-0.39, 0.29) is 11.1 Å². The number of nitrogens with zero attached hydrogens (tertiary/aromatic N) is 1. The van der Waals surface area contributed by atoms with Crippen LogP contribution in [0, 0.1) is 5.82 Å². The maximum absolute atomic E-state index is 13.1. The highest BCUT2D eigenvalue weighted by atomic mass is 32.2. The predicted octanol–water partition coefficient (Wildman–Crippen LogP) is 1.87. The van der Waals surface area contributed by atoms with E-state index >= 15 is 0 Å². The van der Waals surface area contributed by atoms with Gasteiger partial charge in [0.15, 0.2) is 5.16 Å². The van der Waals surface area contributed by atoms with Gasteiger partial charge in [-0.1, -0.05) is 11.8 Å². The van der Waals surface area contributed by atoms with E-state index in [1.54, 1.807) is 0 Å². The summed E-state index contributed by atoms with van der Waals surface area (Å²) in [5.41, 5.74) is -0.0414. The zero-order valence-electron chi connectivity index (χ0n) is 8.51. The zero-order chi connectivity index (χ0) is 12.3. The Morgan fingerprint density at radius 3 is 2.88 bits per heavy atom. The molecule has 0 unspecified atom stereocenters. The Morgan fingerprint density at radius 2 is 2.18 bits per heavy atom. The molecule has 0 spiro atoms. The fourth-order valence-electron chi connectivity index (χ4n) is 1.23. The van der Waals surface area contributed by atoms with Crippen LogP contribution in [0.25, 0.3) is 0 Å². The number of aromatic amines is 1. The van der Waals surface area contributed by atoms with Gasteiger partial charge >= 0.3 is 0 Å². The molecule has 0 fully saturated rings. The third-order valence-corrected chi connectivity index (χ3v) is 2.76. The van der Waals surface area contributed by atoms with Crippen molar-refractivity contribution in [1.82, 2.24) is 9.97 Å². The molecule has 6 heteroatoms. The molecule has 0 aliphatic rings. The number of halogens is 1. The molecule has 17 heavy (non-hydrogen) atoms. The number of rotatable bonds is 3. The topological polar surface area (TPSA) is 62.8 Å². The number of benzene rings is 1. The van der Waals surface area contributed by atoms with Gasteiger partial charge in [-0.15, -0.1) is 0 Å². The summed E-state index contributed by atoms with van der Waals surface area (Å²) in [4.78, 5) is 28.5. The number of carbonyl (C=O) groups excluding carboxylic acids is 1. The van der Waals surface area contributed by atoms with Crippen LogP contribution in [0.5, 0.6) is 0 Å². The summed E-state index contributed by atoms with van der Waals surface area (Å²) >= 11 is 1.08. The summed E-state index contributed by atoms with van der Waals surface area (Å²) < 4.78 is 13.1. The SMILES string of the molecule is O=Cc1cc(F)cc(Sc2nccc(=O)[nH]2)c1. The first-order valence-electron chi connectivity index (χ1n) is 4.66. The Hall–Kier alpha value is -1.95. The second kappa shape index (κ2) is 4.92. The molecule has 0 amide bonds. The zero-order valence-corrected chi connectivity index (χ0v) is 9.33. The van der Waals surface area contributed by atoms with Crippen molar-refractivity contribution in [2.75, 3.05) is 0 Å². The van der Waals surface area contributed by atoms with Crippen LogP contribution < -0.4 is 5.56 Å². The summed E-state index contributed by atoms with van der Waals surface area (Å²) in [6.45, 7) is 0. The maximum Gasteiger partial charge on any atom is 0.251 e. The van der Waals surface area contributed by atoms with Crippen molar-refractivity contribution in [3.05, 3.63) is 52.2 Å². The van der Waals surface area contributed by atoms with Gasteiger partial charge in [0.25, 0.3) is 5.56 Å². The average Bonchev–Trinajstić information content (AvgIpc) is 2.28. The van der Waals surface area contributed by atoms with Gasteiger partial charge in [-0.25, -0.2) is 9.37 Å². The summed E-state index contributed by atoms with van der Waals surface area (Å²) in [6.07, 6.45) is 1.93. The second-order valence-electron chi connectivity index (χ2n) is 3.18. The van der Waals surface area contributed by atoms with Gasteiger partial charge < -0.3 is 4.98 Å². The van der Waals surface area contributed by atoms with Crippen LogP contribution in [-0.4, -0.2) is 16.3 Å². The molecule has 0 aliphatic heterocycles. The largest absolute Gasteiger partial charge is 0.301 e. The van der Waals surface area contributed by atoms with E-state index in [0.717, 1.165) is 17.8 Å². The monoisotopic (exact) mass is 250 g/mol. The van der Waals surface area contributed by atoms with Crippen LogP contribution >= 0.6 is 11.8 Å². The van der Waals surface area contributed by atoms with Gasteiger partial charge in [0.1, 0.15) is 12.1 Å². The van der Waals surface area contributed by atoms with Crippen molar-refractivity contribution in [3.63, 3.8) is 0 Å². The number of carbonyl (C=O) groups is 1. The summed E-state index contributed by atoms with van der Waals surface area (Å²) in [5.74, 6) is -0.504. The minimum Gasteiger partial charge on any atom is -0.301 e. The van der Waals surface area contributed by atoms with E-state index < -0.39 is 5.82 Å². The molecule has 0 saturated heterocycles. The lowest BCUT2D eigenvalue weighted by atomic mass is 10.2. The van der Waals surface area contributed by atoms with E-state index in [1.165, 1.54) is 24.4 Å². The second-order valence-corrected chi connectivity index (χ2v) is 4.24. The molecule has 1 heterocycles. The highest BCUT2D eigenvalue weighted by molar-refractivity contribution is 7.99. The number of nitrogens with one attached hydrogen (secondary N) is 1. The molecular formula is C11H7FN2O2S. The molecule has 0 saturated carbocycles. The summed E-state index contributed by atoms with van der Waals surface area (Å²) in [7, 11) is 0. The highest BCUT2D eigenvalue weighted by Crippen LogP contribution is 2.25. The van der Waals surface area contributed by atoms with Crippen molar-refractivity contribution in [3.8, 4) is 0 Å². The van der Waals surface area contributed by atoms with Gasteiger partial charge in [-0.2, -0.15) is 0 Å². The molecule has 0 radical (unpaired) electrons. The molecule has 1 aromatic heterocycles.